The summed E-state index contributed by atoms with van der Waals surface area (Å²) in [7, 11) is 0. The number of benzene rings is 1. The molecule has 1 unspecified atom stereocenters. The van der Waals surface area contributed by atoms with Crippen LogP contribution in [0, 0.1) is 0 Å². The number of aliphatic carboxylic acids is 1. The maximum Gasteiger partial charge on any atom is 0.320 e. The van der Waals surface area contributed by atoms with Gasteiger partial charge in [-0.2, -0.15) is 0 Å². The molecule has 0 spiro atoms. The molecule has 5 nitrogen and oxygen atoms in total. The number of hydrogen-bond donors (Lipinski definition) is 3. The quantitative estimate of drug-likeness (QED) is 0.667. The molecule has 0 aliphatic rings. The van der Waals surface area contributed by atoms with Crippen molar-refractivity contribution in [3.8, 4) is 0 Å². The third-order valence-electron chi connectivity index (χ3n) is 2.55. The molecule has 0 heterocycles. The van der Waals surface area contributed by atoms with Gasteiger partial charge in [0, 0.05) is 6.54 Å². The summed E-state index contributed by atoms with van der Waals surface area (Å²) in [4.78, 5) is 22.2. The summed E-state index contributed by atoms with van der Waals surface area (Å²) in [5.41, 5.74) is 1.01. The van der Waals surface area contributed by atoms with E-state index in [1.54, 1.807) is 6.92 Å². The maximum atomic E-state index is 11.5. The maximum absolute atomic E-state index is 11.5. The first-order valence-electron chi connectivity index (χ1n) is 5.90. The van der Waals surface area contributed by atoms with Gasteiger partial charge in [-0.25, -0.2) is 0 Å². The number of carbonyl (C=O) groups is 2. The van der Waals surface area contributed by atoms with Crippen LogP contribution in [0.2, 0.25) is 0 Å². The SMILES string of the molecule is CCC(NCC(=O)NCc1ccccc1)C(=O)O. The Morgan fingerprint density at radius 2 is 1.94 bits per heavy atom. The molecule has 0 aliphatic heterocycles. The number of nitrogens with one attached hydrogen (secondary N) is 2. The molecule has 1 amide bonds. The van der Waals surface area contributed by atoms with Crippen molar-refractivity contribution in [2.75, 3.05) is 6.54 Å². The first-order chi connectivity index (χ1) is 8.63. The molecule has 5 heteroatoms. The Bertz CT molecular complexity index is 392. The Labute approximate surface area is 106 Å². The minimum Gasteiger partial charge on any atom is -0.480 e. The van der Waals surface area contributed by atoms with Gasteiger partial charge in [0.1, 0.15) is 6.04 Å². The molecule has 3 N–H and O–H groups in total. The van der Waals surface area contributed by atoms with Crippen molar-refractivity contribution < 1.29 is 14.7 Å². The number of amides is 1. The highest BCUT2D eigenvalue weighted by atomic mass is 16.4. The molecule has 1 rings (SSSR count). The minimum absolute atomic E-state index is 0.0115. The van der Waals surface area contributed by atoms with Gasteiger partial charge < -0.3 is 10.4 Å². The zero-order valence-electron chi connectivity index (χ0n) is 10.3. The van der Waals surface area contributed by atoms with Gasteiger partial charge in [-0.15, -0.1) is 0 Å². The Kier molecular flexibility index (Phi) is 5.87. The summed E-state index contributed by atoms with van der Waals surface area (Å²) in [6, 6.07) is 8.87. The van der Waals surface area contributed by atoms with E-state index >= 15 is 0 Å². The van der Waals surface area contributed by atoms with Crippen LogP contribution in [0.3, 0.4) is 0 Å². The van der Waals surface area contributed by atoms with Crippen molar-refractivity contribution in [1.29, 1.82) is 0 Å². The van der Waals surface area contributed by atoms with E-state index in [1.165, 1.54) is 0 Å². The summed E-state index contributed by atoms with van der Waals surface area (Å²) in [5.74, 6) is -1.15. The van der Waals surface area contributed by atoms with Crippen molar-refractivity contribution in [2.45, 2.75) is 25.9 Å². The summed E-state index contributed by atoms with van der Waals surface area (Å²) < 4.78 is 0. The highest BCUT2D eigenvalue weighted by Crippen LogP contribution is 1.97. The molecule has 0 radical (unpaired) electrons. The van der Waals surface area contributed by atoms with E-state index in [4.69, 9.17) is 5.11 Å². The largest absolute Gasteiger partial charge is 0.480 e. The third-order valence-corrected chi connectivity index (χ3v) is 2.55. The topological polar surface area (TPSA) is 78.4 Å². The standard InChI is InChI=1S/C13H18N2O3/c1-2-11(13(17)18)14-9-12(16)15-8-10-6-4-3-5-7-10/h3-7,11,14H,2,8-9H2,1H3,(H,15,16)(H,17,18). The Balaban J connectivity index is 2.28. The van der Waals surface area contributed by atoms with Gasteiger partial charge >= 0.3 is 5.97 Å². The fourth-order valence-corrected chi connectivity index (χ4v) is 1.48. The molecule has 0 aliphatic carbocycles. The second-order valence-electron chi connectivity index (χ2n) is 3.94. The average molecular weight is 250 g/mol. The lowest BCUT2D eigenvalue weighted by Crippen LogP contribution is -2.42. The minimum atomic E-state index is -0.937. The van der Waals surface area contributed by atoms with E-state index in [9.17, 15) is 9.59 Å². The van der Waals surface area contributed by atoms with Crippen LogP contribution in [0.5, 0.6) is 0 Å². The van der Waals surface area contributed by atoms with Crippen LogP contribution >= 0.6 is 0 Å². The van der Waals surface area contributed by atoms with Gasteiger partial charge in [0.05, 0.1) is 6.54 Å². The first-order valence-corrected chi connectivity index (χ1v) is 5.90. The van der Waals surface area contributed by atoms with Crippen LogP contribution < -0.4 is 10.6 Å². The van der Waals surface area contributed by atoms with Gasteiger partial charge in [-0.1, -0.05) is 37.3 Å². The van der Waals surface area contributed by atoms with Crippen LogP contribution in [0.15, 0.2) is 30.3 Å². The van der Waals surface area contributed by atoms with E-state index < -0.39 is 12.0 Å². The molecule has 1 aromatic rings. The molecule has 0 saturated heterocycles. The van der Waals surface area contributed by atoms with Crippen LogP contribution in [-0.2, 0) is 16.1 Å². The molecular formula is C13H18N2O3. The predicted octanol–water partition coefficient (Wildman–Crippen LogP) is 0.756. The number of carbonyl (C=O) groups excluding carboxylic acids is 1. The molecule has 0 fully saturated rings. The Morgan fingerprint density at radius 3 is 2.50 bits per heavy atom. The van der Waals surface area contributed by atoms with E-state index in [0.29, 0.717) is 13.0 Å². The van der Waals surface area contributed by atoms with Crippen LogP contribution in [-0.4, -0.2) is 29.6 Å². The molecule has 18 heavy (non-hydrogen) atoms. The van der Waals surface area contributed by atoms with Crippen molar-refractivity contribution in [1.82, 2.24) is 10.6 Å². The third kappa shape index (κ3) is 4.97. The van der Waals surface area contributed by atoms with E-state index in [2.05, 4.69) is 10.6 Å². The van der Waals surface area contributed by atoms with E-state index in [-0.39, 0.29) is 12.5 Å². The van der Waals surface area contributed by atoms with Crippen molar-refractivity contribution in [3.05, 3.63) is 35.9 Å². The zero-order chi connectivity index (χ0) is 13.4. The molecule has 0 saturated carbocycles. The van der Waals surface area contributed by atoms with Crippen LogP contribution in [0.25, 0.3) is 0 Å². The summed E-state index contributed by atoms with van der Waals surface area (Å²) >= 11 is 0. The molecule has 1 aromatic carbocycles. The number of carboxylic acid groups (broad SMARTS) is 1. The monoisotopic (exact) mass is 250 g/mol. The lowest BCUT2D eigenvalue weighted by atomic mass is 10.2. The van der Waals surface area contributed by atoms with Gasteiger partial charge in [0.25, 0.3) is 0 Å². The van der Waals surface area contributed by atoms with Crippen LogP contribution in [0.4, 0.5) is 0 Å². The fraction of sp³-hybridized carbons (Fsp3) is 0.385. The highest BCUT2D eigenvalue weighted by Gasteiger charge is 2.14. The first kappa shape index (κ1) is 14.2. The smallest absolute Gasteiger partial charge is 0.320 e. The number of hydrogen-bond acceptors (Lipinski definition) is 3. The fourth-order valence-electron chi connectivity index (χ4n) is 1.48. The summed E-state index contributed by atoms with van der Waals surface area (Å²) in [6.07, 6.45) is 0.446. The average Bonchev–Trinajstić information content (AvgIpc) is 2.38. The normalized spacial score (nSPS) is 11.8. The lowest BCUT2D eigenvalue weighted by Gasteiger charge is -2.12. The molecule has 1 atom stereocenters. The summed E-state index contributed by atoms with van der Waals surface area (Å²) in [6.45, 7) is 2.22. The molecule has 98 valence electrons. The van der Waals surface area contributed by atoms with Crippen LogP contribution in [0.1, 0.15) is 18.9 Å². The van der Waals surface area contributed by atoms with E-state index in [0.717, 1.165) is 5.56 Å². The van der Waals surface area contributed by atoms with Gasteiger partial charge in [0.2, 0.25) is 5.91 Å². The molecule has 0 bridgehead atoms. The van der Waals surface area contributed by atoms with Gasteiger partial charge in [-0.05, 0) is 12.0 Å². The second kappa shape index (κ2) is 7.45. The highest BCUT2D eigenvalue weighted by molar-refractivity contribution is 5.79. The second-order valence-corrected chi connectivity index (χ2v) is 3.94. The zero-order valence-corrected chi connectivity index (χ0v) is 10.3. The van der Waals surface area contributed by atoms with Gasteiger partial charge in [0.15, 0.2) is 0 Å². The Morgan fingerprint density at radius 1 is 1.28 bits per heavy atom. The lowest BCUT2D eigenvalue weighted by molar-refractivity contribution is -0.139. The predicted molar refractivity (Wildman–Crippen MR) is 68.0 cm³/mol. The number of rotatable bonds is 7. The van der Waals surface area contributed by atoms with Crippen molar-refractivity contribution in [3.63, 3.8) is 0 Å². The van der Waals surface area contributed by atoms with Gasteiger partial charge in [-0.3, -0.25) is 14.9 Å². The molecular weight excluding hydrogens is 232 g/mol. The summed E-state index contributed by atoms with van der Waals surface area (Å²) in [5, 5.41) is 14.2. The van der Waals surface area contributed by atoms with E-state index in [1.807, 2.05) is 30.3 Å². The number of carboxylic acids is 1. The molecule has 0 aromatic heterocycles. The Hall–Kier alpha value is -1.88. The van der Waals surface area contributed by atoms with Crippen molar-refractivity contribution >= 4 is 11.9 Å². The van der Waals surface area contributed by atoms with Crippen molar-refractivity contribution in [2.24, 2.45) is 0 Å².